The molecule has 0 radical (unpaired) electrons. The summed E-state index contributed by atoms with van der Waals surface area (Å²) >= 11 is 0. The third kappa shape index (κ3) is 20.1. The van der Waals surface area contributed by atoms with Crippen molar-refractivity contribution in [2.24, 2.45) is 10.8 Å². The van der Waals surface area contributed by atoms with Crippen molar-refractivity contribution in [2.75, 3.05) is 26.4 Å². The summed E-state index contributed by atoms with van der Waals surface area (Å²) in [4.78, 5) is 68.8. The normalized spacial score (nSPS) is 11.3. The van der Waals surface area contributed by atoms with Crippen LogP contribution in [-0.4, -0.2) is 62.2 Å². The van der Waals surface area contributed by atoms with Crippen LogP contribution in [0.1, 0.15) is 72.4 Å². The van der Waals surface area contributed by atoms with E-state index in [1.54, 1.807) is 34.6 Å². The maximum Gasteiger partial charge on any atom is 0.344 e. The fourth-order valence-electron chi connectivity index (χ4n) is 4.02. The second-order valence-electron chi connectivity index (χ2n) is 11.9. The van der Waals surface area contributed by atoms with Crippen LogP contribution in [0.4, 0.5) is 0 Å². The average Bonchev–Trinajstić information content (AvgIpc) is 3.12. The van der Waals surface area contributed by atoms with E-state index in [1.807, 2.05) is 67.6 Å². The first kappa shape index (κ1) is 45.7. The van der Waals surface area contributed by atoms with Gasteiger partial charge in [-0.25, -0.2) is 19.2 Å². The number of rotatable bonds is 17. The molecule has 0 aromatic heterocycles. The van der Waals surface area contributed by atoms with Gasteiger partial charge in [-0.15, -0.1) is 0 Å². The largest absolute Gasteiger partial charge is 0.466 e. The number of benzene rings is 2. The molecule has 0 aliphatic carbocycles. The van der Waals surface area contributed by atoms with E-state index in [1.165, 1.54) is 6.92 Å². The molecule has 1 atom stereocenters. The van der Waals surface area contributed by atoms with Gasteiger partial charge in [-0.1, -0.05) is 80.7 Å². The molecular weight excluding hydrogens is 660 g/mol. The van der Waals surface area contributed by atoms with E-state index in [2.05, 4.69) is 22.6 Å². The first-order chi connectivity index (χ1) is 24.0. The molecule has 2 rings (SSSR count). The van der Waals surface area contributed by atoms with Gasteiger partial charge in [0.05, 0.1) is 24.0 Å². The second-order valence-corrected chi connectivity index (χ2v) is 11.9. The van der Waals surface area contributed by atoms with Gasteiger partial charge in [0.25, 0.3) is 0 Å². The van der Waals surface area contributed by atoms with Crippen LogP contribution in [0.15, 0.2) is 85.5 Å². The molecule has 0 spiro atoms. The molecule has 12 nitrogen and oxygen atoms in total. The number of carbonyl (C=O) groups is 6. The van der Waals surface area contributed by atoms with Crippen LogP contribution in [0.5, 0.6) is 0 Å². The first-order valence-electron chi connectivity index (χ1n) is 16.4. The number of carbonyl (C=O) groups excluding carboxylic acids is 6. The first-order valence-corrected chi connectivity index (χ1v) is 16.4. The quantitative estimate of drug-likeness (QED) is 0.103. The SMILES string of the molecule is C=C(C)C(=O)OCC(=O)OCc1ccccc1.C=CC(=O)OCC.CCOC(=O)C(C)(C)CC(C)(CC)C(=O)OCC(=O)OCc1ccccc1. The minimum absolute atomic E-state index is 0.123. The van der Waals surface area contributed by atoms with E-state index in [0.29, 0.717) is 13.0 Å². The summed E-state index contributed by atoms with van der Waals surface area (Å²) in [7, 11) is 0. The Morgan fingerprint density at radius 2 is 1.10 bits per heavy atom. The van der Waals surface area contributed by atoms with Crippen LogP contribution in [0.3, 0.4) is 0 Å². The van der Waals surface area contributed by atoms with E-state index in [-0.39, 0.29) is 43.8 Å². The van der Waals surface area contributed by atoms with E-state index >= 15 is 0 Å². The Kier molecular flexibility index (Phi) is 22.2. The summed E-state index contributed by atoms with van der Waals surface area (Å²) in [5.74, 6) is -3.04. The van der Waals surface area contributed by atoms with Crippen molar-refractivity contribution in [2.45, 2.75) is 74.5 Å². The van der Waals surface area contributed by atoms with E-state index < -0.39 is 47.9 Å². The van der Waals surface area contributed by atoms with Crippen LogP contribution < -0.4 is 0 Å². The van der Waals surface area contributed by atoms with Crippen LogP contribution in [0, 0.1) is 10.8 Å². The van der Waals surface area contributed by atoms with Crippen LogP contribution >= 0.6 is 0 Å². The van der Waals surface area contributed by atoms with Crippen molar-refractivity contribution in [3.8, 4) is 0 Å². The van der Waals surface area contributed by atoms with Gasteiger partial charge < -0.3 is 28.4 Å². The molecule has 0 heterocycles. The summed E-state index contributed by atoms with van der Waals surface area (Å²) in [5, 5.41) is 0. The van der Waals surface area contributed by atoms with Crippen molar-refractivity contribution in [1.82, 2.24) is 0 Å². The molecule has 0 saturated heterocycles. The van der Waals surface area contributed by atoms with Crippen LogP contribution in [0.2, 0.25) is 0 Å². The molecule has 0 bridgehead atoms. The highest BCUT2D eigenvalue weighted by Crippen LogP contribution is 2.38. The minimum atomic E-state index is -0.907. The van der Waals surface area contributed by atoms with Gasteiger partial charge in [0, 0.05) is 11.6 Å². The highest BCUT2D eigenvalue weighted by Gasteiger charge is 2.43. The Morgan fingerprint density at radius 3 is 1.47 bits per heavy atom. The lowest BCUT2D eigenvalue weighted by Gasteiger charge is -2.33. The molecule has 0 saturated carbocycles. The maximum absolute atomic E-state index is 12.6. The Labute approximate surface area is 301 Å². The lowest BCUT2D eigenvalue weighted by Crippen LogP contribution is -2.39. The van der Waals surface area contributed by atoms with Crippen LogP contribution in [-0.2, 0) is 70.4 Å². The Bertz CT molecular complexity index is 1420. The van der Waals surface area contributed by atoms with Crippen molar-refractivity contribution >= 4 is 35.8 Å². The topological polar surface area (TPSA) is 158 Å². The zero-order valence-corrected chi connectivity index (χ0v) is 30.8. The van der Waals surface area contributed by atoms with Crippen molar-refractivity contribution in [3.63, 3.8) is 0 Å². The van der Waals surface area contributed by atoms with E-state index in [9.17, 15) is 28.8 Å². The van der Waals surface area contributed by atoms with Gasteiger partial charge in [0.1, 0.15) is 13.2 Å². The molecule has 51 heavy (non-hydrogen) atoms. The second kappa shape index (κ2) is 24.8. The fraction of sp³-hybridized carbons (Fsp3) is 0.436. The molecule has 1 unspecified atom stereocenters. The summed E-state index contributed by atoms with van der Waals surface area (Å²) in [5.41, 5.74) is 0.239. The van der Waals surface area contributed by atoms with Gasteiger partial charge in [-0.05, 0) is 65.5 Å². The van der Waals surface area contributed by atoms with Crippen molar-refractivity contribution in [1.29, 1.82) is 0 Å². The Balaban J connectivity index is 0.000000881. The third-order valence-corrected chi connectivity index (χ3v) is 6.86. The monoisotopic (exact) mass is 712 g/mol. The molecule has 2 aromatic carbocycles. The molecule has 12 heteroatoms. The highest BCUT2D eigenvalue weighted by molar-refractivity contribution is 5.88. The van der Waals surface area contributed by atoms with Gasteiger partial charge in [0.15, 0.2) is 13.2 Å². The molecule has 0 aliphatic rings. The number of esters is 6. The summed E-state index contributed by atoms with van der Waals surface area (Å²) < 4.78 is 29.3. The zero-order chi connectivity index (χ0) is 38.9. The Hall–Kier alpha value is -5.26. The van der Waals surface area contributed by atoms with Crippen molar-refractivity contribution in [3.05, 3.63) is 96.6 Å². The summed E-state index contributed by atoms with van der Waals surface area (Å²) in [6.45, 7) is 18.8. The highest BCUT2D eigenvalue weighted by atomic mass is 16.6. The van der Waals surface area contributed by atoms with Gasteiger partial charge >= 0.3 is 35.8 Å². The fourth-order valence-corrected chi connectivity index (χ4v) is 4.02. The molecule has 0 N–H and O–H groups in total. The predicted octanol–water partition coefficient (Wildman–Crippen LogP) is 6.25. The molecule has 0 fully saturated rings. The standard InChI is InChI=1S/C21H30O6.C13H14O4.C5H8O2/c1-6-21(5,15-20(3,4)18(23)25-7-2)19(24)27-14-17(22)26-13-16-11-9-8-10-12-16;1-10(2)13(15)17-9-12(14)16-8-11-6-4-3-5-7-11;1-3-5(6)7-4-2/h8-12H,6-7,13-15H2,1-5H3;3-7H,1,8-9H2,2H3;3H,1,4H2,2H3. The van der Waals surface area contributed by atoms with E-state index in [4.69, 9.17) is 18.9 Å². The van der Waals surface area contributed by atoms with Gasteiger partial charge in [-0.3, -0.25) is 9.59 Å². The van der Waals surface area contributed by atoms with Gasteiger partial charge in [-0.2, -0.15) is 0 Å². The molecule has 2 aromatic rings. The number of hydrogen-bond acceptors (Lipinski definition) is 12. The van der Waals surface area contributed by atoms with Gasteiger partial charge in [0.2, 0.25) is 0 Å². The lowest BCUT2D eigenvalue weighted by molar-refractivity contribution is -0.169. The lowest BCUT2D eigenvalue weighted by atomic mass is 9.72. The maximum atomic E-state index is 12.6. The number of ether oxygens (including phenoxy) is 6. The molecule has 0 aliphatic heterocycles. The van der Waals surface area contributed by atoms with E-state index in [0.717, 1.165) is 17.2 Å². The molecular formula is C39H52O12. The predicted molar refractivity (Wildman–Crippen MR) is 189 cm³/mol. The van der Waals surface area contributed by atoms with Crippen molar-refractivity contribution < 1.29 is 57.2 Å². The average molecular weight is 713 g/mol. The summed E-state index contributed by atoms with van der Waals surface area (Å²) in [6.07, 6.45) is 1.87. The third-order valence-electron chi connectivity index (χ3n) is 6.86. The molecule has 280 valence electrons. The zero-order valence-electron chi connectivity index (χ0n) is 30.8. The summed E-state index contributed by atoms with van der Waals surface area (Å²) in [6, 6.07) is 18.5. The minimum Gasteiger partial charge on any atom is -0.466 e. The smallest absolute Gasteiger partial charge is 0.344 e. The Morgan fingerprint density at radius 1 is 0.647 bits per heavy atom. The molecule has 0 amide bonds. The number of hydrogen-bond donors (Lipinski definition) is 0. The van der Waals surface area contributed by atoms with Crippen LogP contribution in [0.25, 0.3) is 0 Å².